The Morgan fingerprint density at radius 3 is 2.75 bits per heavy atom. The number of hydrogen-bond donors (Lipinski definition) is 1. The molecular formula is C11H19N5. The van der Waals surface area contributed by atoms with Crippen molar-refractivity contribution in [2.24, 2.45) is 5.73 Å². The highest BCUT2D eigenvalue weighted by atomic mass is 15.3. The van der Waals surface area contributed by atoms with Gasteiger partial charge in [-0.2, -0.15) is 0 Å². The van der Waals surface area contributed by atoms with Crippen LogP contribution in [0.2, 0.25) is 0 Å². The summed E-state index contributed by atoms with van der Waals surface area (Å²) in [6.07, 6.45) is 4.35. The molecule has 0 saturated carbocycles. The molecule has 0 unspecified atom stereocenters. The summed E-state index contributed by atoms with van der Waals surface area (Å²) < 4.78 is 0. The molecule has 0 atom stereocenters. The Balaban J connectivity index is 2.13. The van der Waals surface area contributed by atoms with Crippen molar-refractivity contribution < 1.29 is 0 Å². The first-order valence-electron chi connectivity index (χ1n) is 5.73. The highest BCUT2D eigenvalue weighted by Crippen LogP contribution is 2.17. The molecule has 2 heterocycles. The van der Waals surface area contributed by atoms with Gasteiger partial charge in [0.05, 0.1) is 0 Å². The minimum absolute atomic E-state index is 0.647. The van der Waals surface area contributed by atoms with Gasteiger partial charge in [-0.3, -0.25) is 0 Å². The standard InChI is InChI=1S/C11H19N5/c1-15-4-6-16(7-5-15)11-10(2-3-12)8-13-9-14-11/h8-9H,2-7,12H2,1H3. The zero-order chi connectivity index (χ0) is 11.4. The second-order valence-electron chi connectivity index (χ2n) is 4.20. The molecule has 0 aliphatic carbocycles. The molecule has 2 rings (SSSR count). The van der Waals surface area contributed by atoms with Crippen molar-refractivity contribution in [2.75, 3.05) is 44.7 Å². The van der Waals surface area contributed by atoms with Gasteiger partial charge in [0, 0.05) is 37.9 Å². The van der Waals surface area contributed by atoms with Gasteiger partial charge in [0.15, 0.2) is 0 Å². The second-order valence-corrected chi connectivity index (χ2v) is 4.20. The van der Waals surface area contributed by atoms with Crippen molar-refractivity contribution >= 4 is 5.82 Å². The van der Waals surface area contributed by atoms with E-state index in [1.807, 2.05) is 6.20 Å². The third-order valence-electron chi connectivity index (χ3n) is 2.98. The van der Waals surface area contributed by atoms with Gasteiger partial charge in [-0.05, 0) is 20.0 Å². The number of nitrogens with zero attached hydrogens (tertiary/aromatic N) is 4. The molecule has 1 saturated heterocycles. The number of nitrogens with two attached hydrogens (primary N) is 1. The predicted molar refractivity (Wildman–Crippen MR) is 64.5 cm³/mol. The van der Waals surface area contributed by atoms with E-state index in [0.29, 0.717) is 6.54 Å². The smallest absolute Gasteiger partial charge is 0.135 e. The van der Waals surface area contributed by atoms with Crippen LogP contribution in [0.25, 0.3) is 0 Å². The fourth-order valence-electron chi connectivity index (χ4n) is 1.99. The van der Waals surface area contributed by atoms with Crippen molar-refractivity contribution in [2.45, 2.75) is 6.42 Å². The van der Waals surface area contributed by atoms with Crippen LogP contribution in [0.15, 0.2) is 12.5 Å². The number of aromatic nitrogens is 2. The summed E-state index contributed by atoms with van der Waals surface area (Å²) in [4.78, 5) is 13.1. The number of anilines is 1. The monoisotopic (exact) mass is 221 g/mol. The van der Waals surface area contributed by atoms with Crippen LogP contribution in [-0.4, -0.2) is 54.6 Å². The summed E-state index contributed by atoms with van der Waals surface area (Å²) >= 11 is 0. The number of piperazine rings is 1. The van der Waals surface area contributed by atoms with E-state index in [1.165, 1.54) is 0 Å². The largest absolute Gasteiger partial charge is 0.354 e. The maximum absolute atomic E-state index is 5.60. The van der Waals surface area contributed by atoms with Crippen LogP contribution in [0.1, 0.15) is 5.56 Å². The van der Waals surface area contributed by atoms with Crippen molar-refractivity contribution in [3.63, 3.8) is 0 Å². The van der Waals surface area contributed by atoms with E-state index >= 15 is 0 Å². The Morgan fingerprint density at radius 1 is 1.31 bits per heavy atom. The first-order chi connectivity index (χ1) is 7.81. The Bertz CT molecular complexity index is 333. The van der Waals surface area contributed by atoms with Crippen molar-refractivity contribution in [1.82, 2.24) is 14.9 Å². The van der Waals surface area contributed by atoms with E-state index < -0.39 is 0 Å². The van der Waals surface area contributed by atoms with Gasteiger partial charge >= 0.3 is 0 Å². The fourth-order valence-corrected chi connectivity index (χ4v) is 1.99. The molecule has 5 heteroatoms. The zero-order valence-corrected chi connectivity index (χ0v) is 9.76. The average molecular weight is 221 g/mol. The first kappa shape index (κ1) is 11.3. The Labute approximate surface area is 96.3 Å². The number of hydrogen-bond acceptors (Lipinski definition) is 5. The Hall–Kier alpha value is -1.20. The zero-order valence-electron chi connectivity index (χ0n) is 9.76. The highest BCUT2D eigenvalue weighted by Gasteiger charge is 2.17. The molecule has 1 fully saturated rings. The van der Waals surface area contributed by atoms with E-state index in [4.69, 9.17) is 5.73 Å². The molecule has 1 aromatic rings. The molecule has 1 aromatic heterocycles. The van der Waals surface area contributed by atoms with Gasteiger partial charge in [-0.1, -0.05) is 0 Å². The van der Waals surface area contributed by atoms with Crippen LogP contribution in [-0.2, 0) is 6.42 Å². The lowest BCUT2D eigenvalue weighted by atomic mass is 10.2. The maximum atomic E-state index is 5.60. The Morgan fingerprint density at radius 2 is 2.06 bits per heavy atom. The van der Waals surface area contributed by atoms with Gasteiger partial charge < -0.3 is 15.5 Å². The van der Waals surface area contributed by atoms with Gasteiger partial charge in [-0.15, -0.1) is 0 Å². The lowest BCUT2D eigenvalue weighted by Crippen LogP contribution is -2.45. The molecule has 2 N–H and O–H groups in total. The topological polar surface area (TPSA) is 58.3 Å². The minimum Gasteiger partial charge on any atom is -0.354 e. The molecule has 0 amide bonds. The molecule has 0 radical (unpaired) electrons. The first-order valence-corrected chi connectivity index (χ1v) is 5.73. The van der Waals surface area contributed by atoms with E-state index in [0.717, 1.165) is 44.0 Å². The quantitative estimate of drug-likeness (QED) is 0.761. The van der Waals surface area contributed by atoms with Crippen LogP contribution < -0.4 is 10.6 Å². The molecule has 0 bridgehead atoms. The van der Waals surface area contributed by atoms with Gasteiger partial charge in [-0.25, -0.2) is 9.97 Å². The van der Waals surface area contributed by atoms with E-state index in [9.17, 15) is 0 Å². The summed E-state index contributed by atoms with van der Waals surface area (Å²) in [5.41, 5.74) is 6.76. The Kier molecular flexibility index (Phi) is 3.69. The lowest BCUT2D eigenvalue weighted by molar-refractivity contribution is 0.311. The van der Waals surface area contributed by atoms with Crippen LogP contribution >= 0.6 is 0 Å². The molecular weight excluding hydrogens is 202 g/mol. The highest BCUT2D eigenvalue weighted by molar-refractivity contribution is 5.46. The predicted octanol–water partition coefficient (Wildman–Crippen LogP) is -0.270. The van der Waals surface area contributed by atoms with Crippen LogP contribution in [0.3, 0.4) is 0 Å². The van der Waals surface area contributed by atoms with Crippen molar-refractivity contribution in [1.29, 1.82) is 0 Å². The molecule has 1 aliphatic heterocycles. The molecule has 0 aromatic carbocycles. The molecule has 1 aliphatic rings. The normalized spacial score (nSPS) is 17.8. The van der Waals surface area contributed by atoms with Crippen LogP contribution in [0.5, 0.6) is 0 Å². The summed E-state index contributed by atoms with van der Waals surface area (Å²) in [6.45, 7) is 4.89. The maximum Gasteiger partial charge on any atom is 0.135 e. The molecule has 16 heavy (non-hydrogen) atoms. The van der Waals surface area contributed by atoms with Crippen LogP contribution in [0, 0.1) is 0 Å². The van der Waals surface area contributed by atoms with E-state index in [2.05, 4.69) is 26.8 Å². The van der Waals surface area contributed by atoms with Crippen molar-refractivity contribution in [3.05, 3.63) is 18.1 Å². The summed E-state index contributed by atoms with van der Waals surface area (Å²) in [6, 6.07) is 0. The van der Waals surface area contributed by atoms with Gasteiger partial charge in [0.2, 0.25) is 0 Å². The summed E-state index contributed by atoms with van der Waals surface area (Å²) in [5, 5.41) is 0. The summed E-state index contributed by atoms with van der Waals surface area (Å²) in [5.74, 6) is 1.06. The lowest BCUT2D eigenvalue weighted by Gasteiger charge is -2.34. The number of likely N-dealkylation sites (N-methyl/N-ethyl adjacent to an activating group) is 1. The number of rotatable bonds is 3. The molecule has 0 spiro atoms. The average Bonchev–Trinajstić information content (AvgIpc) is 2.32. The fraction of sp³-hybridized carbons (Fsp3) is 0.636. The van der Waals surface area contributed by atoms with Crippen molar-refractivity contribution in [3.8, 4) is 0 Å². The molecule has 5 nitrogen and oxygen atoms in total. The third kappa shape index (κ3) is 2.48. The molecule has 88 valence electrons. The minimum atomic E-state index is 0.647. The third-order valence-corrected chi connectivity index (χ3v) is 2.98. The SMILES string of the molecule is CN1CCN(c2ncncc2CCN)CC1. The van der Waals surface area contributed by atoms with Gasteiger partial charge in [0.25, 0.3) is 0 Å². The van der Waals surface area contributed by atoms with Crippen LogP contribution in [0.4, 0.5) is 5.82 Å². The second kappa shape index (κ2) is 5.23. The van der Waals surface area contributed by atoms with E-state index in [1.54, 1.807) is 6.33 Å². The van der Waals surface area contributed by atoms with E-state index in [-0.39, 0.29) is 0 Å². The summed E-state index contributed by atoms with van der Waals surface area (Å²) in [7, 11) is 2.15. The van der Waals surface area contributed by atoms with Gasteiger partial charge in [0.1, 0.15) is 12.1 Å².